The molecule has 0 amide bonds. The van der Waals surface area contributed by atoms with Crippen LogP contribution in [0.2, 0.25) is 5.02 Å². The SMILES string of the molecule is CC(=O)C(O)[C@@H](O)[C@](O)(C(C)=O)[C@@](O)(C(C)=O)[C@](O)(C(C)=O)C(=O)OC(=O)C(C)(C)Oc1ccc(Cl)cc1. The minimum absolute atomic E-state index is 0.0677. The standard InChI is InChI=1S/C24H29ClO13/c1-11(26)17(30)18(31)22(34,12(2)27)24(36,14(4)29)23(35,13(3)28)20(33)37-19(32)21(5,6)38-16-9-7-15(25)8-10-16/h7-10,17-18,30-31,34-36H,1-6H3/t17?,18-,22-,23+,24+/m1/s1. The van der Waals surface area contributed by atoms with Gasteiger partial charge in [-0.3, -0.25) is 19.2 Å². The van der Waals surface area contributed by atoms with Crippen LogP contribution in [-0.2, 0) is 33.5 Å². The van der Waals surface area contributed by atoms with Crippen LogP contribution in [0.4, 0.5) is 0 Å². The highest BCUT2D eigenvalue weighted by atomic mass is 35.5. The molecule has 13 nitrogen and oxygen atoms in total. The maximum atomic E-state index is 13.1. The molecule has 210 valence electrons. The second kappa shape index (κ2) is 11.4. The van der Waals surface area contributed by atoms with Crippen LogP contribution in [0.1, 0.15) is 41.5 Å². The fourth-order valence-electron chi connectivity index (χ4n) is 3.59. The molecule has 0 saturated heterocycles. The van der Waals surface area contributed by atoms with Crippen molar-refractivity contribution in [2.75, 3.05) is 0 Å². The molecule has 5 N–H and O–H groups in total. The van der Waals surface area contributed by atoms with E-state index in [1.165, 1.54) is 24.3 Å². The molecule has 0 fully saturated rings. The van der Waals surface area contributed by atoms with Crippen LogP contribution in [0.15, 0.2) is 24.3 Å². The third kappa shape index (κ3) is 5.53. The van der Waals surface area contributed by atoms with Crippen LogP contribution in [0.25, 0.3) is 0 Å². The van der Waals surface area contributed by atoms with E-state index >= 15 is 0 Å². The lowest BCUT2D eigenvalue weighted by molar-refractivity contribution is -0.257. The normalized spacial score (nSPS) is 18.0. The van der Waals surface area contributed by atoms with Crippen LogP contribution in [-0.4, -0.2) is 95.2 Å². The van der Waals surface area contributed by atoms with Crippen LogP contribution >= 0.6 is 11.6 Å². The predicted octanol–water partition coefficient (Wildman–Crippen LogP) is -1.16. The van der Waals surface area contributed by atoms with Gasteiger partial charge in [0.1, 0.15) is 18.0 Å². The molecule has 0 saturated carbocycles. The van der Waals surface area contributed by atoms with Gasteiger partial charge >= 0.3 is 11.9 Å². The molecular weight excluding hydrogens is 532 g/mol. The Morgan fingerprint density at radius 1 is 0.789 bits per heavy atom. The monoisotopic (exact) mass is 560 g/mol. The van der Waals surface area contributed by atoms with Gasteiger partial charge in [0.05, 0.1) is 0 Å². The Labute approximate surface area is 221 Å². The molecule has 0 spiro atoms. The van der Waals surface area contributed by atoms with Gasteiger partial charge in [-0.05, 0) is 65.8 Å². The topological polar surface area (TPSA) is 222 Å². The molecule has 0 heterocycles. The summed E-state index contributed by atoms with van der Waals surface area (Å²) in [6.45, 7) is 4.24. The molecule has 0 aromatic heterocycles. The van der Waals surface area contributed by atoms with Crippen molar-refractivity contribution in [2.45, 2.75) is 76.2 Å². The summed E-state index contributed by atoms with van der Waals surface area (Å²) >= 11 is 5.78. The number of carbonyl (C=O) groups excluding carboxylic acids is 6. The third-order valence-electron chi connectivity index (χ3n) is 5.93. The Morgan fingerprint density at radius 2 is 1.26 bits per heavy atom. The van der Waals surface area contributed by atoms with Crippen LogP contribution < -0.4 is 4.74 Å². The molecule has 1 aromatic carbocycles. The van der Waals surface area contributed by atoms with Gasteiger partial charge in [0, 0.05) is 5.02 Å². The van der Waals surface area contributed by atoms with E-state index in [2.05, 4.69) is 4.74 Å². The molecule has 0 aliphatic carbocycles. The summed E-state index contributed by atoms with van der Waals surface area (Å²) in [6.07, 6.45) is -5.69. The van der Waals surface area contributed by atoms with E-state index in [0.717, 1.165) is 13.8 Å². The van der Waals surface area contributed by atoms with E-state index in [-0.39, 0.29) is 5.75 Å². The first-order valence-corrected chi connectivity index (χ1v) is 11.3. The number of carbonyl (C=O) groups is 6. The molecule has 1 unspecified atom stereocenters. The fraction of sp³-hybridized carbons (Fsp3) is 0.500. The summed E-state index contributed by atoms with van der Waals surface area (Å²) in [5.41, 5.74) is -14.6. The maximum Gasteiger partial charge on any atom is 0.357 e. The molecule has 38 heavy (non-hydrogen) atoms. The highest BCUT2D eigenvalue weighted by Crippen LogP contribution is 2.40. The number of halogens is 1. The van der Waals surface area contributed by atoms with Crippen molar-refractivity contribution in [3.63, 3.8) is 0 Å². The van der Waals surface area contributed by atoms with Crippen molar-refractivity contribution >= 4 is 46.7 Å². The Morgan fingerprint density at radius 3 is 1.63 bits per heavy atom. The van der Waals surface area contributed by atoms with E-state index in [1.807, 2.05) is 0 Å². The molecule has 0 aliphatic heterocycles. The number of rotatable bonds is 12. The molecule has 0 radical (unpaired) electrons. The second-order valence-corrected chi connectivity index (χ2v) is 9.54. The summed E-state index contributed by atoms with van der Waals surface area (Å²) in [4.78, 5) is 75.1. The first-order chi connectivity index (χ1) is 17.1. The van der Waals surface area contributed by atoms with Gasteiger partial charge in [-0.15, -0.1) is 0 Å². The van der Waals surface area contributed by atoms with Crippen LogP contribution in [0.5, 0.6) is 5.75 Å². The lowest BCUT2D eigenvalue weighted by atomic mass is 9.62. The Balaban J connectivity index is 3.67. The molecular formula is C24H29ClO13. The number of hydrogen-bond acceptors (Lipinski definition) is 13. The smallest absolute Gasteiger partial charge is 0.357 e. The van der Waals surface area contributed by atoms with Gasteiger partial charge in [-0.1, -0.05) is 11.6 Å². The zero-order valence-corrected chi connectivity index (χ0v) is 22.1. The van der Waals surface area contributed by atoms with Gasteiger partial charge < -0.3 is 35.0 Å². The van der Waals surface area contributed by atoms with Crippen LogP contribution in [0, 0.1) is 0 Å². The molecule has 14 heteroatoms. The van der Waals surface area contributed by atoms with Crippen molar-refractivity contribution < 1.29 is 63.8 Å². The molecule has 0 aliphatic rings. The van der Waals surface area contributed by atoms with Crippen LogP contribution in [0.3, 0.4) is 0 Å². The summed E-state index contributed by atoms with van der Waals surface area (Å²) < 4.78 is 9.98. The zero-order chi connectivity index (χ0) is 30.0. The number of aliphatic hydroxyl groups excluding tert-OH is 2. The minimum Gasteiger partial charge on any atom is -0.476 e. The third-order valence-corrected chi connectivity index (χ3v) is 6.19. The van der Waals surface area contributed by atoms with Crippen molar-refractivity contribution in [3.05, 3.63) is 29.3 Å². The van der Waals surface area contributed by atoms with Crippen molar-refractivity contribution in [3.8, 4) is 5.75 Å². The first-order valence-electron chi connectivity index (χ1n) is 10.9. The number of benzene rings is 1. The summed E-state index contributed by atoms with van der Waals surface area (Å²) in [5.74, 6) is -10.6. The number of ketones is 4. The lowest BCUT2D eigenvalue weighted by Gasteiger charge is -2.49. The van der Waals surface area contributed by atoms with E-state index in [4.69, 9.17) is 16.3 Å². The average Bonchev–Trinajstić information content (AvgIpc) is 2.81. The number of esters is 2. The van der Waals surface area contributed by atoms with E-state index in [9.17, 15) is 54.3 Å². The second-order valence-electron chi connectivity index (χ2n) is 9.10. The quantitative estimate of drug-likeness (QED) is 0.150. The van der Waals surface area contributed by atoms with E-state index < -0.39 is 69.7 Å². The molecule has 0 bridgehead atoms. The molecule has 1 rings (SSSR count). The van der Waals surface area contributed by atoms with Crippen molar-refractivity contribution in [1.29, 1.82) is 0 Å². The molecule has 1 aromatic rings. The Hall–Kier alpha value is -3.07. The van der Waals surface area contributed by atoms with Gasteiger partial charge in [-0.2, -0.15) is 0 Å². The number of hydrogen-bond donors (Lipinski definition) is 5. The number of Topliss-reactive ketones (excluding diaryl/α,β-unsaturated/α-hetero) is 4. The summed E-state index contributed by atoms with van der Waals surface area (Å²) in [7, 11) is 0. The maximum absolute atomic E-state index is 13.1. The number of ether oxygens (including phenoxy) is 2. The van der Waals surface area contributed by atoms with Gasteiger partial charge in [0.15, 0.2) is 28.7 Å². The van der Waals surface area contributed by atoms with Crippen molar-refractivity contribution in [2.24, 2.45) is 0 Å². The minimum atomic E-state index is -4.29. The van der Waals surface area contributed by atoms with Gasteiger partial charge in [0.25, 0.3) is 5.60 Å². The van der Waals surface area contributed by atoms with Crippen molar-refractivity contribution in [1.82, 2.24) is 0 Å². The Kier molecular flexibility index (Phi) is 9.85. The number of aliphatic hydroxyl groups is 5. The van der Waals surface area contributed by atoms with E-state index in [1.54, 1.807) is 0 Å². The summed E-state index contributed by atoms with van der Waals surface area (Å²) in [6, 6.07) is 5.53. The average molecular weight is 561 g/mol. The fourth-order valence-corrected chi connectivity index (χ4v) is 3.72. The van der Waals surface area contributed by atoms with E-state index in [0.29, 0.717) is 32.7 Å². The Bertz CT molecular complexity index is 1140. The molecule has 5 atom stereocenters. The summed E-state index contributed by atoms with van der Waals surface area (Å²) in [5, 5.41) is 54.3. The highest BCUT2D eigenvalue weighted by Gasteiger charge is 2.76. The highest BCUT2D eigenvalue weighted by molar-refractivity contribution is 6.30. The largest absolute Gasteiger partial charge is 0.476 e. The lowest BCUT2D eigenvalue weighted by Crippen LogP contribution is -2.82. The van der Waals surface area contributed by atoms with Gasteiger partial charge in [0.2, 0.25) is 11.2 Å². The zero-order valence-electron chi connectivity index (χ0n) is 21.3. The predicted molar refractivity (Wildman–Crippen MR) is 127 cm³/mol. The van der Waals surface area contributed by atoms with Gasteiger partial charge in [-0.25, -0.2) is 9.59 Å². The first kappa shape index (κ1) is 33.0.